The van der Waals surface area contributed by atoms with Crippen LogP contribution < -0.4 is 0 Å². The highest BCUT2D eigenvalue weighted by Gasteiger charge is 2.18. The van der Waals surface area contributed by atoms with Crippen LogP contribution in [0.2, 0.25) is 0 Å². The van der Waals surface area contributed by atoms with E-state index in [2.05, 4.69) is 17.9 Å². The van der Waals surface area contributed by atoms with Crippen LogP contribution in [0.25, 0.3) is 0 Å². The summed E-state index contributed by atoms with van der Waals surface area (Å²) in [6, 6.07) is 7.99. The fraction of sp³-hybridized carbons (Fsp3) is 0.632. The predicted octanol–water partition coefficient (Wildman–Crippen LogP) is 2.91. The highest BCUT2D eigenvalue weighted by molar-refractivity contribution is 5.94. The van der Waals surface area contributed by atoms with Crippen molar-refractivity contribution in [3.05, 3.63) is 35.4 Å². The number of benzene rings is 1. The molecule has 4 heteroatoms. The lowest BCUT2D eigenvalue weighted by Crippen LogP contribution is -2.35. The van der Waals surface area contributed by atoms with Crippen molar-refractivity contribution < 1.29 is 9.90 Å². The van der Waals surface area contributed by atoms with Crippen molar-refractivity contribution in [2.24, 2.45) is 0 Å². The van der Waals surface area contributed by atoms with Gasteiger partial charge in [0.15, 0.2) is 0 Å². The van der Waals surface area contributed by atoms with Crippen LogP contribution in [-0.4, -0.2) is 53.6 Å². The van der Waals surface area contributed by atoms with E-state index in [-0.39, 0.29) is 12.5 Å². The Morgan fingerprint density at radius 3 is 2.70 bits per heavy atom. The van der Waals surface area contributed by atoms with E-state index in [0.29, 0.717) is 6.54 Å². The Hall–Kier alpha value is -1.39. The minimum absolute atomic E-state index is 0.161. The van der Waals surface area contributed by atoms with Crippen LogP contribution in [0.3, 0.4) is 0 Å². The topological polar surface area (TPSA) is 43.8 Å². The van der Waals surface area contributed by atoms with E-state index >= 15 is 0 Å². The van der Waals surface area contributed by atoms with Crippen molar-refractivity contribution in [3.8, 4) is 0 Å². The fourth-order valence-corrected chi connectivity index (χ4v) is 3.13. The summed E-state index contributed by atoms with van der Waals surface area (Å²) in [6.45, 7) is 6.59. The molecular weight excluding hydrogens is 288 g/mol. The Kier molecular flexibility index (Phi) is 7.56. The van der Waals surface area contributed by atoms with E-state index in [1.807, 2.05) is 23.1 Å². The Morgan fingerprint density at radius 1 is 1.22 bits per heavy atom. The molecule has 0 radical (unpaired) electrons. The van der Waals surface area contributed by atoms with Crippen LogP contribution in [-0.2, 0) is 6.54 Å². The van der Waals surface area contributed by atoms with Gasteiger partial charge in [0, 0.05) is 31.7 Å². The summed E-state index contributed by atoms with van der Waals surface area (Å²) in [6.07, 6.45) is 5.75. The molecule has 0 atom stereocenters. The zero-order chi connectivity index (χ0) is 16.5. The second-order valence-corrected chi connectivity index (χ2v) is 6.41. The van der Waals surface area contributed by atoms with Gasteiger partial charge in [-0.05, 0) is 49.9 Å². The number of rotatable bonds is 8. The number of nitrogens with zero attached hydrogens (tertiary/aromatic N) is 2. The van der Waals surface area contributed by atoms with Gasteiger partial charge in [-0.25, -0.2) is 0 Å². The molecule has 1 amide bonds. The lowest BCUT2D eigenvalue weighted by molar-refractivity contribution is 0.0724. The third-order valence-corrected chi connectivity index (χ3v) is 4.47. The van der Waals surface area contributed by atoms with Gasteiger partial charge in [0.25, 0.3) is 5.91 Å². The van der Waals surface area contributed by atoms with E-state index in [0.717, 1.165) is 63.0 Å². The first-order chi connectivity index (χ1) is 11.2. The van der Waals surface area contributed by atoms with Crippen LogP contribution in [0.5, 0.6) is 0 Å². The van der Waals surface area contributed by atoms with Gasteiger partial charge in [-0.1, -0.05) is 25.5 Å². The molecule has 0 unspecified atom stereocenters. The molecule has 0 saturated carbocycles. The number of aliphatic hydroxyl groups excluding tert-OH is 1. The van der Waals surface area contributed by atoms with Crippen molar-refractivity contribution in [2.45, 2.75) is 45.6 Å². The molecule has 1 fully saturated rings. The van der Waals surface area contributed by atoms with Gasteiger partial charge < -0.3 is 10.0 Å². The summed E-state index contributed by atoms with van der Waals surface area (Å²) in [5.74, 6) is 0.161. The molecule has 2 rings (SSSR count). The molecule has 1 aromatic rings. The molecule has 1 heterocycles. The number of piperidine rings is 1. The Morgan fingerprint density at radius 2 is 2.00 bits per heavy atom. The second kappa shape index (κ2) is 9.68. The number of hydrogen-bond donors (Lipinski definition) is 1. The first-order valence-electron chi connectivity index (χ1n) is 8.96. The van der Waals surface area contributed by atoms with Crippen molar-refractivity contribution in [1.29, 1.82) is 0 Å². The van der Waals surface area contributed by atoms with Gasteiger partial charge >= 0.3 is 0 Å². The Bertz CT molecular complexity index is 484. The van der Waals surface area contributed by atoms with Gasteiger partial charge in [0.05, 0.1) is 6.61 Å². The number of carbonyl (C=O) groups excluding carboxylic acids is 1. The molecule has 1 aliphatic heterocycles. The lowest BCUT2D eigenvalue weighted by atomic mass is 10.1. The summed E-state index contributed by atoms with van der Waals surface area (Å²) in [4.78, 5) is 16.8. The van der Waals surface area contributed by atoms with Gasteiger partial charge in [0.2, 0.25) is 0 Å². The molecule has 0 bridgehead atoms. The summed E-state index contributed by atoms with van der Waals surface area (Å²) in [5, 5.41) is 9.22. The highest BCUT2D eigenvalue weighted by Crippen LogP contribution is 2.15. The number of likely N-dealkylation sites (tertiary alicyclic amines) is 1. The molecule has 1 N–H and O–H groups in total. The number of carbonyl (C=O) groups is 1. The fourth-order valence-electron chi connectivity index (χ4n) is 3.13. The summed E-state index contributed by atoms with van der Waals surface area (Å²) in [5.41, 5.74) is 1.95. The van der Waals surface area contributed by atoms with E-state index < -0.39 is 0 Å². The third-order valence-electron chi connectivity index (χ3n) is 4.47. The van der Waals surface area contributed by atoms with Crippen LogP contribution in [0, 0.1) is 0 Å². The molecule has 128 valence electrons. The van der Waals surface area contributed by atoms with E-state index in [4.69, 9.17) is 0 Å². The minimum atomic E-state index is 0.161. The maximum Gasteiger partial charge on any atom is 0.253 e. The average molecular weight is 318 g/mol. The average Bonchev–Trinajstić information content (AvgIpc) is 2.60. The maximum atomic E-state index is 12.6. The minimum Gasteiger partial charge on any atom is -0.395 e. The molecule has 0 spiro atoms. The molecule has 1 saturated heterocycles. The van der Waals surface area contributed by atoms with E-state index in [1.54, 1.807) is 0 Å². The molecule has 0 aromatic heterocycles. The Balaban J connectivity index is 2.01. The first-order valence-corrected chi connectivity index (χ1v) is 8.96. The van der Waals surface area contributed by atoms with Crippen molar-refractivity contribution in [2.75, 3.05) is 32.8 Å². The molecule has 23 heavy (non-hydrogen) atoms. The predicted molar refractivity (Wildman–Crippen MR) is 93.5 cm³/mol. The SMILES string of the molecule is CCCCN(CCO)Cc1cccc(C(=O)N2CCCCC2)c1. The largest absolute Gasteiger partial charge is 0.395 e. The molecule has 1 aliphatic rings. The van der Waals surface area contributed by atoms with E-state index in [9.17, 15) is 9.90 Å². The van der Waals surface area contributed by atoms with Gasteiger partial charge in [-0.3, -0.25) is 9.69 Å². The van der Waals surface area contributed by atoms with Gasteiger partial charge in [0.1, 0.15) is 0 Å². The number of amides is 1. The maximum absolute atomic E-state index is 12.6. The molecular formula is C19H30N2O2. The summed E-state index contributed by atoms with van der Waals surface area (Å²) in [7, 11) is 0. The van der Waals surface area contributed by atoms with Crippen LogP contribution >= 0.6 is 0 Å². The van der Waals surface area contributed by atoms with Crippen molar-refractivity contribution in [3.63, 3.8) is 0 Å². The van der Waals surface area contributed by atoms with Gasteiger partial charge in [-0.15, -0.1) is 0 Å². The normalized spacial score (nSPS) is 15.2. The molecule has 0 aliphatic carbocycles. The monoisotopic (exact) mass is 318 g/mol. The first kappa shape index (κ1) is 18.0. The van der Waals surface area contributed by atoms with Crippen LogP contribution in [0.1, 0.15) is 54.9 Å². The summed E-state index contributed by atoms with van der Waals surface area (Å²) >= 11 is 0. The smallest absolute Gasteiger partial charge is 0.253 e. The molecule has 1 aromatic carbocycles. The zero-order valence-corrected chi connectivity index (χ0v) is 14.3. The van der Waals surface area contributed by atoms with Crippen LogP contribution in [0.4, 0.5) is 0 Å². The number of unbranched alkanes of at least 4 members (excludes halogenated alkanes) is 1. The zero-order valence-electron chi connectivity index (χ0n) is 14.3. The lowest BCUT2D eigenvalue weighted by Gasteiger charge is -2.27. The molecule has 4 nitrogen and oxygen atoms in total. The Labute approximate surface area is 140 Å². The number of aliphatic hydroxyl groups is 1. The number of hydrogen-bond acceptors (Lipinski definition) is 3. The standard InChI is InChI=1S/C19H30N2O2/c1-2-3-10-20(13-14-22)16-17-8-7-9-18(15-17)19(23)21-11-5-4-6-12-21/h7-9,15,22H,2-6,10-14,16H2,1H3. The third kappa shape index (κ3) is 5.63. The van der Waals surface area contributed by atoms with Gasteiger partial charge in [-0.2, -0.15) is 0 Å². The second-order valence-electron chi connectivity index (χ2n) is 6.41. The summed E-state index contributed by atoms with van der Waals surface area (Å²) < 4.78 is 0. The van der Waals surface area contributed by atoms with Crippen LogP contribution in [0.15, 0.2) is 24.3 Å². The van der Waals surface area contributed by atoms with E-state index in [1.165, 1.54) is 6.42 Å². The highest BCUT2D eigenvalue weighted by atomic mass is 16.3. The van der Waals surface area contributed by atoms with Crippen molar-refractivity contribution >= 4 is 5.91 Å². The van der Waals surface area contributed by atoms with Crippen molar-refractivity contribution in [1.82, 2.24) is 9.80 Å². The quantitative estimate of drug-likeness (QED) is 0.801.